The average molecular weight is 636 g/mol. The first kappa shape index (κ1) is 29.3. The summed E-state index contributed by atoms with van der Waals surface area (Å²) in [5, 5.41) is 26.8. The molecule has 3 aliphatic rings. The minimum absolute atomic E-state index is 0.108. The maximum atomic E-state index is 13.8. The van der Waals surface area contributed by atoms with Crippen molar-refractivity contribution < 1.29 is 14.4 Å². The zero-order valence-corrected chi connectivity index (χ0v) is 25.1. The second-order valence-electron chi connectivity index (χ2n) is 10.6. The van der Waals surface area contributed by atoms with Crippen LogP contribution in [0.5, 0.6) is 0 Å². The maximum Gasteiger partial charge on any atom is 0.247 e. The number of carbonyl (C=O) groups excluding carboxylic acids is 3. The number of nitrogens with zero attached hydrogens (tertiary/aromatic N) is 7. The van der Waals surface area contributed by atoms with Gasteiger partial charge in [0, 0.05) is 42.2 Å². The van der Waals surface area contributed by atoms with E-state index in [0.29, 0.717) is 39.4 Å². The lowest BCUT2D eigenvalue weighted by Crippen LogP contribution is -2.60. The molecule has 0 spiro atoms. The van der Waals surface area contributed by atoms with Gasteiger partial charge >= 0.3 is 0 Å². The number of benzene rings is 1. The van der Waals surface area contributed by atoms with Gasteiger partial charge in [0.15, 0.2) is 5.15 Å². The molecule has 3 heterocycles. The third kappa shape index (κ3) is 6.15. The summed E-state index contributed by atoms with van der Waals surface area (Å²) in [6.07, 6.45) is 12.1. The van der Waals surface area contributed by atoms with Crippen molar-refractivity contribution in [1.29, 1.82) is 5.41 Å². The van der Waals surface area contributed by atoms with Crippen LogP contribution in [0.4, 0.5) is 5.69 Å². The van der Waals surface area contributed by atoms with Crippen molar-refractivity contribution in [2.24, 2.45) is 0 Å². The van der Waals surface area contributed by atoms with E-state index in [9.17, 15) is 14.4 Å². The van der Waals surface area contributed by atoms with Crippen LogP contribution in [0.3, 0.4) is 0 Å². The number of allylic oxidation sites excluding steroid dienone is 4. The van der Waals surface area contributed by atoms with Crippen molar-refractivity contribution in [2.75, 3.05) is 25.0 Å². The van der Waals surface area contributed by atoms with Gasteiger partial charge in [-0.15, -0.1) is 5.10 Å². The van der Waals surface area contributed by atoms with Crippen LogP contribution in [0.2, 0.25) is 10.2 Å². The van der Waals surface area contributed by atoms with Gasteiger partial charge in [-0.3, -0.25) is 24.0 Å². The topological polar surface area (TPSA) is 154 Å². The van der Waals surface area contributed by atoms with Gasteiger partial charge in [-0.05, 0) is 55.3 Å². The Morgan fingerprint density at radius 1 is 1.14 bits per heavy atom. The minimum atomic E-state index is -1.03. The number of carbonyl (C=O) groups is 3. The molecular formula is C29H28Cl2N10O3. The number of piperazine rings is 1. The van der Waals surface area contributed by atoms with E-state index in [1.165, 1.54) is 20.7 Å². The third-order valence-corrected chi connectivity index (χ3v) is 7.85. The highest BCUT2D eigenvalue weighted by atomic mass is 35.5. The largest absolute Gasteiger partial charge is 0.393 e. The van der Waals surface area contributed by atoms with Gasteiger partial charge in [0.2, 0.25) is 17.7 Å². The highest BCUT2D eigenvalue weighted by Crippen LogP contribution is 2.34. The molecule has 1 unspecified atom stereocenters. The molecule has 3 N–H and O–H groups in total. The smallest absolute Gasteiger partial charge is 0.247 e. The molecule has 2 aromatic heterocycles. The molecule has 0 bridgehead atoms. The van der Waals surface area contributed by atoms with Crippen molar-refractivity contribution in [2.45, 2.75) is 31.3 Å². The minimum Gasteiger partial charge on any atom is -0.393 e. The van der Waals surface area contributed by atoms with E-state index in [-0.39, 0.29) is 30.4 Å². The Balaban J connectivity index is 1.28. The van der Waals surface area contributed by atoms with Crippen LogP contribution in [0, 0.1) is 5.41 Å². The lowest BCUT2D eigenvalue weighted by molar-refractivity contribution is -0.145. The molecule has 1 aromatic carbocycles. The lowest BCUT2D eigenvalue weighted by atomic mass is 10.0. The van der Waals surface area contributed by atoms with Crippen LogP contribution in [-0.2, 0) is 20.8 Å². The summed E-state index contributed by atoms with van der Waals surface area (Å²) < 4.78 is 3.27. The molecule has 2 fully saturated rings. The van der Waals surface area contributed by atoms with Crippen LogP contribution >= 0.6 is 23.2 Å². The zero-order chi connectivity index (χ0) is 31.0. The van der Waals surface area contributed by atoms with Crippen LogP contribution in [0.1, 0.15) is 24.6 Å². The number of anilines is 1. The SMILES string of the molecule is CN/C=C1/C=C(NC(=O)C(Cc2ccn(C3CC3)n2)N2CC(=O)N(c3cc(Cl)ccc3-n3cc(Cl)nn3)CC2=O)C=CC1=N. The van der Waals surface area contributed by atoms with Gasteiger partial charge in [0.25, 0.3) is 0 Å². The summed E-state index contributed by atoms with van der Waals surface area (Å²) in [4.78, 5) is 43.9. The Hall–Kier alpha value is -4.75. The Morgan fingerprint density at radius 2 is 1.95 bits per heavy atom. The first-order chi connectivity index (χ1) is 21.2. The van der Waals surface area contributed by atoms with E-state index in [1.54, 1.807) is 49.7 Å². The normalized spacial score (nSPS) is 18.6. The van der Waals surface area contributed by atoms with Crippen molar-refractivity contribution in [3.05, 3.63) is 88.2 Å². The predicted molar refractivity (Wildman–Crippen MR) is 164 cm³/mol. The molecule has 13 nitrogen and oxygen atoms in total. The Labute approximate surface area is 262 Å². The first-order valence-corrected chi connectivity index (χ1v) is 14.6. The molecule has 3 aromatic rings. The summed E-state index contributed by atoms with van der Waals surface area (Å²) in [6, 6.07) is 6.00. The molecule has 1 saturated heterocycles. The summed E-state index contributed by atoms with van der Waals surface area (Å²) in [6.45, 7) is -0.682. The average Bonchev–Trinajstić information content (AvgIpc) is 3.59. The molecule has 15 heteroatoms. The fraction of sp³-hybridized carbons (Fsp3) is 0.276. The van der Waals surface area contributed by atoms with E-state index < -0.39 is 23.8 Å². The summed E-state index contributed by atoms with van der Waals surface area (Å²) in [5.74, 6) is -1.32. The molecule has 3 amide bonds. The zero-order valence-electron chi connectivity index (χ0n) is 23.6. The van der Waals surface area contributed by atoms with E-state index in [1.807, 2.05) is 16.9 Å². The Bertz CT molecular complexity index is 1750. The predicted octanol–water partition coefficient (Wildman–Crippen LogP) is 2.58. The van der Waals surface area contributed by atoms with Crippen molar-refractivity contribution in [1.82, 2.24) is 40.3 Å². The number of aromatic nitrogens is 5. The Kier molecular flexibility index (Phi) is 8.06. The van der Waals surface area contributed by atoms with E-state index in [0.717, 1.165) is 12.8 Å². The van der Waals surface area contributed by atoms with E-state index in [4.69, 9.17) is 28.6 Å². The summed E-state index contributed by atoms with van der Waals surface area (Å²) in [5.41, 5.74) is 2.75. The van der Waals surface area contributed by atoms with Crippen LogP contribution < -0.4 is 15.5 Å². The number of amides is 3. The van der Waals surface area contributed by atoms with Crippen LogP contribution in [0.15, 0.2) is 72.4 Å². The fourth-order valence-corrected chi connectivity index (χ4v) is 5.41. The number of hydrogen-bond donors (Lipinski definition) is 3. The first-order valence-electron chi connectivity index (χ1n) is 13.9. The molecule has 226 valence electrons. The number of rotatable bonds is 9. The summed E-state index contributed by atoms with van der Waals surface area (Å²) in [7, 11) is 1.72. The quantitative estimate of drug-likeness (QED) is 0.327. The highest BCUT2D eigenvalue weighted by Gasteiger charge is 2.39. The second kappa shape index (κ2) is 12.1. The lowest BCUT2D eigenvalue weighted by Gasteiger charge is -2.38. The second-order valence-corrected chi connectivity index (χ2v) is 11.4. The molecule has 44 heavy (non-hydrogen) atoms. The number of nitrogens with one attached hydrogen (secondary N) is 3. The maximum absolute atomic E-state index is 13.8. The van der Waals surface area contributed by atoms with Gasteiger partial charge < -0.3 is 20.9 Å². The van der Waals surface area contributed by atoms with E-state index >= 15 is 0 Å². The van der Waals surface area contributed by atoms with Crippen molar-refractivity contribution in [3.63, 3.8) is 0 Å². The van der Waals surface area contributed by atoms with Gasteiger partial charge in [-0.2, -0.15) is 5.10 Å². The molecule has 1 aliphatic heterocycles. The van der Waals surface area contributed by atoms with Gasteiger partial charge in [-0.1, -0.05) is 28.4 Å². The molecule has 1 saturated carbocycles. The highest BCUT2D eigenvalue weighted by molar-refractivity contribution is 6.31. The molecular weight excluding hydrogens is 607 g/mol. The van der Waals surface area contributed by atoms with Gasteiger partial charge in [0.05, 0.1) is 35.0 Å². The molecule has 6 rings (SSSR count). The number of hydrogen-bond acceptors (Lipinski definition) is 8. The van der Waals surface area contributed by atoms with Gasteiger partial charge in [-0.25, -0.2) is 4.68 Å². The van der Waals surface area contributed by atoms with E-state index in [2.05, 4.69) is 26.0 Å². The summed E-state index contributed by atoms with van der Waals surface area (Å²) >= 11 is 12.3. The van der Waals surface area contributed by atoms with Gasteiger partial charge in [0.1, 0.15) is 19.1 Å². The fourth-order valence-electron chi connectivity index (χ4n) is 5.12. The standard InChI is InChI=1S/C29H28Cl2N10O3/c1-33-13-17-10-19(3-6-22(17)32)34-29(44)25(12-20-8-9-40(36-20)21-4-5-21)39-16-27(42)38(15-28(39)43)24-11-18(30)2-7-23(24)41-14-26(31)35-37-41/h2-3,6-11,13-14,21,25,32-33H,4-5,12,15-16H2,1H3,(H,34,44)/b17-13-,32-22?. The van der Waals surface area contributed by atoms with Crippen LogP contribution in [0.25, 0.3) is 5.69 Å². The van der Waals surface area contributed by atoms with Crippen LogP contribution in [-0.4, -0.2) is 79.3 Å². The van der Waals surface area contributed by atoms with Crippen molar-refractivity contribution >= 4 is 52.3 Å². The number of halogens is 2. The molecule has 1 atom stereocenters. The molecule has 0 radical (unpaired) electrons. The van der Waals surface area contributed by atoms with Crippen molar-refractivity contribution in [3.8, 4) is 5.69 Å². The Morgan fingerprint density at radius 3 is 2.68 bits per heavy atom. The third-order valence-electron chi connectivity index (χ3n) is 7.45. The molecule has 2 aliphatic carbocycles. The monoisotopic (exact) mass is 634 g/mol.